The number of hydrogen-bond acceptors (Lipinski definition) is 7. The molecule has 13 heteroatoms. The van der Waals surface area contributed by atoms with Crippen molar-refractivity contribution in [2.24, 2.45) is 11.8 Å². The lowest BCUT2D eigenvalue weighted by Gasteiger charge is -2.35. The lowest BCUT2D eigenvalue weighted by atomic mass is 9.98. The molecule has 1 aliphatic carbocycles. The number of pyridine rings is 1. The van der Waals surface area contributed by atoms with Gasteiger partial charge < -0.3 is 30.5 Å². The number of aryl methyl sites for hydroxylation is 1. The van der Waals surface area contributed by atoms with E-state index in [-0.39, 0.29) is 30.1 Å². The lowest BCUT2D eigenvalue weighted by molar-refractivity contribution is -0.145. The molecule has 12 nitrogen and oxygen atoms in total. The predicted octanol–water partition coefficient (Wildman–Crippen LogP) is 4.54. The summed E-state index contributed by atoms with van der Waals surface area (Å²) in [4.78, 5) is 75.8. The van der Waals surface area contributed by atoms with Crippen molar-refractivity contribution in [2.45, 2.75) is 136 Å². The molecular formula is C36H57ClN6O6. The molecule has 0 bridgehead atoms. The van der Waals surface area contributed by atoms with Crippen LogP contribution in [0.2, 0.25) is 5.02 Å². The largest absolute Gasteiger partial charge is 0.444 e. The van der Waals surface area contributed by atoms with E-state index in [2.05, 4.69) is 20.9 Å². The molecular weight excluding hydrogens is 648 g/mol. The first-order valence-electron chi connectivity index (χ1n) is 17.7. The number of hydrogen-bond donors (Lipinski definition) is 3. The molecule has 0 unspecified atom stereocenters. The molecule has 274 valence electrons. The molecule has 49 heavy (non-hydrogen) atoms. The SMILES string of the molecule is Cc1ncc(Cl)cc1C[C@H]1C(=O)NCCCCCCC[C@H](N(C)C(=O)[C@@H](NC(=O)OC(C)(C)C)C2CC2)C(=O)N[C@@H](CC(C)C)C(=O)N1C. The summed E-state index contributed by atoms with van der Waals surface area (Å²) < 4.78 is 5.43. The van der Waals surface area contributed by atoms with E-state index >= 15 is 0 Å². The Hall–Kier alpha value is -3.41. The minimum atomic E-state index is -0.940. The first kappa shape index (κ1) is 40.0. The molecule has 1 aromatic rings. The van der Waals surface area contributed by atoms with Crippen LogP contribution in [0.3, 0.4) is 0 Å². The predicted molar refractivity (Wildman–Crippen MR) is 189 cm³/mol. The Morgan fingerprint density at radius 1 is 1.08 bits per heavy atom. The van der Waals surface area contributed by atoms with Gasteiger partial charge in [-0.3, -0.25) is 24.2 Å². The van der Waals surface area contributed by atoms with Crippen LogP contribution in [-0.2, 0) is 30.3 Å². The summed E-state index contributed by atoms with van der Waals surface area (Å²) in [5, 5.41) is 9.17. The van der Waals surface area contributed by atoms with Crippen LogP contribution in [0, 0.1) is 18.8 Å². The second-order valence-electron chi connectivity index (χ2n) is 15.0. The minimum Gasteiger partial charge on any atom is -0.444 e. The normalized spacial score (nSPS) is 22.6. The number of likely N-dealkylation sites (N-methyl/N-ethyl adjacent to an activating group) is 2. The summed E-state index contributed by atoms with van der Waals surface area (Å²) in [6, 6.07) is -1.75. The van der Waals surface area contributed by atoms with Gasteiger partial charge in [0.25, 0.3) is 0 Å². The second-order valence-corrected chi connectivity index (χ2v) is 15.5. The van der Waals surface area contributed by atoms with E-state index in [1.54, 1.807) is 47.1 Å². The van der Waals surface area contributed by atoms with Crippen molar-refractivity contribution in [1.29, 1.82) is 0 Å². The van der Waals surface area contributed by atoms with E-state index in [0.29, 0.717) is 36.5 Å². The van der Waals surface area contributed by atoms with E-state index in [4.69, 9.17) is 16.3 Å². The van der Waals surface area contributed by atoms with Crippen molar-refractivity contribution < 1.29 is 28.7 Å². The average Bonchev–Trinajstić information content (AvgIpc) is 3.85. The number of aromatic nitrogens is 1. The maximum Gasteiger partial charge on any atom is 0.408 e. The zero-order valence-electron chi connectivity index (χ0n) is 30.6. The number of ether oxygens (including phenoxy) is 1. The Bertz CT molecular complexity index is 1330. The van der Waals surface area contributed by atoms with Crippen LogP contribution in [0.1, 0.15) is 104 Å². The second kappa shape index (κ2) is 18.0. The highest BCUT2D eigenvalue weighted by atomic mass is 35.5. The number of nitrogens with zero attached hydrogens (tertiary/aromatic N) is 3. The van der Waals surface area contributed by atoms with Gasteiger partial charge in [0.15, 0.2) is 0 Å². The maximum atomic E-state index is 14.2. The van der Waals surface area contributed by atoms with Crippen LogP contribution >= 0.6 is 11.6 Å². The summed E-state index contributed by atoms with van der Waals surface area (Å²) >= 11 is 6.25. The fourth-order valence-electron chi connectivity index (χ4n) is 6.17. The van der Waals surface area contributed by atoms with Gasteiger partial charge in [-0.25, -0.2) is 4.79 Å². The zero-order chi connectivity index (χ0) is 36.5. The molecule has 2 fully saturated rings. The smallest absolute Gasteiger partial charge is 0.408 e. The van der Waals surface area contributed by atoms with Crippen LogP contribution in [0.5, 0.6) is 0 Å². The molecule has 5 amide bonds. The third-order valence-corrected chi connectivity index (χ3v) is 9.32. The highest BCUT2D eigenvalue weighted by Gasteiger charge is 2.42. The molecule has 1 saturated carbocycles. The standard InChI is InChI=1S/C36H57ClN6O6/c1-22(2)18-27-33(46)43(8)29(20-25-19-26(37)21-39-23(25)3)31(44)38-17-13-11-9-10-12-14-28(32(45)40-27)42(7)34(47)30(24-15-16-24)41-35(48)49-36(4,5)6/h19,21-22,24,27-30H,9-18,20H2,1-8H3,(H,38,44)(H,40,45)(H,41,48)/t27-,28-,29-,30-/m0/s1. The van der Waals surface area contributed by atoms with Crippen LogP contribution in [-0.4, -0.2) is 94.9 Å². The van der Waals surface area contributed by atoms with Crippen molar-refractivity contribution in [3.63, 3.8) is 0 Å². The van der Waals surface area contributed by atoms with Gasteiger partial charge in [0.2, 0.25) is 23.6 Å². The molecule has 0 spiro atoms. The van der Waals surface area contributed by atoms with Gasteiger partial charge in [-0.05, 0) is 83.3 Å². The van der Waals surface area contributed by atoms with Crippen molar-refractivity contribution in [3.05, 3.63) is 28.5 Å². The van der Waals surface area contributed by atoms with Crippen molar-refractivity contribution in [1.82, 2.24) is 30.7 Å². The van der Waals surface area contributed by atoms with E-state index in [0.717, 1.165) is 44.1 Å². The quantitative estimate of drug-likeness (QED) is 0.360. The fraction of sp³-hybridized carbons (Fsp3) is 0.722. The first-order valence-corrected chi connectivity index (χ1v) is 18.1. The number of carbonyl (C=O) groups is 5. The Morgan fingerprint density at radius 3 is 2.37 bits per heavy atom. The molecule has 3 N–H and O–H groups in total. The third kappa shape index (κ3) is 12.5. The van der Waals surface area contributed by atoms with Crippen LogP contribution in [0.4, 0.5) is 4.79 Å². The number of halogens is 1. The number of alkyl carbamates (subject to hydrolysis) is 1. The van der Waals surface area contributed by atoms with E-state index in [1.807, 2.05) is 20.8 Å². The van der Waals surface area contributed by atoms with Gasteiger partial charge in [-0.15, -0.1) is 0 Å². The Kier molecular flexibility index (Phi) is 14.7. The summed E-state index contributed by atoms with van der Waals surface area (Å²) in [7, 11) is 3.17. The molecule has 0 aromatic carbocycles. The molecule has 2 aliphatic rings. The van der Waals surface area contributed by atoms with Crippen LogP contribution < -0.4 is 16.0 Å². The molecule has 1 saturated heterocycles. The van der Waals surface area contributed by atoms with Gasteiger partial charge in [0, 0.05) is 39.0 Å². The molecule has 0 radical (unpaired) electrons. The Balaban J connectivity index is 1.91. The van der Waals surface area contributed by atoms with E-state index in [1.165, 1.54) is 9.80 Å². The molecule has 4 atom stereocenters. The maximum absolute atomic E-state index is 14.2. The summed E-state index contributed by atoms with van der Waals surface area (Å²) in [6.07, 6.45) is 7.43. The number of rotatable bonds is 8. The van der Waals surface area contributed by atoms with Crippen molar-refractivity contribution in [3.8, 4) is 0 Å². The average molecular weight is 705 g/mol. The highest BCUT2D eigenvalue weighted by molar-refractivity contribution is 6.30. The lowest BCUT2D eigenvalue weighted by Crippen LogP contribution is -2.59. The van der Waals surface area contributed by atoms with Gasteiger partial charge in [-0.2, -0.15) is 0 Å². The Labute approximate surface area is 296 Å². The number of amides is 5. The van der Waals surface area contributed by atoms with Gasteiger partial charge >= 0.3 is 6.09 Å². The van der Waals surface area contributed by atoms with Gasteiger partial charge in [0.1, 0.15) is 29.8 Å². The summed E-state index contributed by atoms with van der Waals surface area (Å²) in [6.45, 7) is 11.5. The van der Waals surface area contributed by atoms with Crippen LogP contribution in [0.15, 0.2) is 12.3 Å². The monoisotopic (exact) mass is 704 g/mol. The van der Waals surface area contributed by atoms with Gasteiger partial charge in [-0.1, -0.05) is 51.1 Å². The molecule has 1 aliphatic heterocycles. The summed E-state index contributed by atoms with van der Waals surface area (Å²) in [5.41, 5.74) is 0.722. The number of carbonyl (C=O) groups excluding carboxylic acids is 5. The van der Waals surface area contributed by atoms with Gasteiger partial charge in [0.05, 0.1) is 5.02 Å². The Morgan fingerprint density at radius 2 is 1.73 bits per heavy atom. The molecule has 3 rings (SSSR count). The topological polar surface area (TPSA) is 150 Å². The van der Waals surface area contributed by atoms with Crippen molar-refractivity contribution in [2.75, 3.05) is 20.6 Å². The first-order chi connectivity index (χ1) is 23.0. The minimum absolute atomic E-state index is 0.0370. The summed E-state index contributed by atoms with van der Waals surface area (Å²) in [5.74, 6) is -1.51. The zero-order valence-corrected chi connectivity index (χ0v) is 31.3. The van der Waals surface area contributed by atoms with E-state index < -0.39 is 47.7 Å². The van der Waals surface area contributed by atoms with Crippen molar-refractivity contribution >= 4 is 41.3 Å². The van der Waals surface area contributed by atoms with E-state index in [9.17, 15) is 24.0 Å². The third-order valence-electron chi connectivity index (χ3n) is 9.11. The molecule has 2 heterocycles. The molecule has 1 aromatic heterocycles. The number of nitrogens with one attached hydrogen (secondary N) is 3. The highest BCUT2D eigenvalue weighted by Crippen LogP contribution is 2.34. The van der Waals surface area contributed by atoms with Crippen LogP contribution in [0.25, 0.3) is 0 Å². The fourth-order valence-corrected chi connectivity index (χ4v) is 6.35.